The summed E-state index contributed by atoms with van der Waals surface area (Å²) in [6.45, 7) is 0.0584. The van der Waals surface area contributed by atoms with Crippen LogP contribution in [-0.4, -0.2) is 49.0 Å². The molecule has 9 heteroatoms. The van der Waals surface area contributed by atoms with Crippen molar-refractivity contribution in [3.05, 3.63) is 99.6 Å². The molecule has 190 valence electrons. The smallest absolute Gasteiger partial charge is 0.337 e. The molecule has 0 aliphatic carbocycles. The number of ether oxygens (including phenoxy) is 3. The third-order valence-corrected chi connectivity index (χ3v) is 6.42. The van der Waals surface area contributed by atoms with Crippen LogP contribution in [0.3, 0.4) is 0 Å². The van der Waals surface area contributed by atoms with E-state index in [0.717, 1.165) is 0 Å². The highest BCUT2D eigenvalue weighted by Gasteiger charge is 2.46. The topological polar surface area (TPSA) is 102 Å². The number of likely N-dealkylation sites (tertiary alicyclic amines) is 1. The first-order chi connectivity index (χ1) is 17.8. The zero-order chi connectivity index (χ0) is 26.7. The van der Waals surface area contributed by atoms with Gasteiger partial charge in [0.2, 0.25) is 0 Å². The minimum atomic E-state index is -0.882. The molecule has 4 rings (SSSR count). The predicted octanol–water partition coefficient (Wildman–Crippen LogP) is 4.77. The van der Waals surface area contributed by atoms with Gasteiger partial charge >= 0.3 is 5.97 Å². The number of carbonyl (C=O) groups is 3. The number of methoxy groups -OCH3 is 3. The number of carbonyl (C=O) groups excluding carboxylic acids is 3. The van der Waals surface area contributed by atoms with Crippen LogP contribution in [-0.2, 0) is 20.9 Å². The molecule has 8 nitrogen and oxygen atoms in total. The van der Waals surface area contributed by atoms with Gasteiger partial charge in [-0.15, -0.1) is 0 Å². The van der Waals surface area contributed by atoms with E-state index in [1.165, 1.54) is 32.3 Å². The van der Waals surface area contributed by atoms with Crippen LogP contribution >= 0.6 is 11.6 Å². The molecule has 0 aromatic heterocycles. The summed E-state index contributed by atoms with van der Waals surface area (Å²) in [5.41, 5.74) is 1.84. The van der Waals surface area contributed by atoms with E-state index >= 15 is 0 Å². The second-order valence-corrected chi connectivity index (χ2v) is 8.65. The summed E-state index contributed by atoms with van der Waals surface area (Å²) in [6, 6.07) is 17.1. The number of aliphatic hydroxyl groups excluding tert-OH is 1. The number of amides is 1. The van der Waals surface area contributed by atoms with Crippen LogP contribution in [0.5, 0.6) is 11.5 Å². The lowest BCUT2D eigenvalue weighted by atomic mass is 9.95. The Kier molecular flexibility index (Phi) is 7.50. The Morgan fingerprint density at radius 2 is 1.57 bits per heavy atom. The molecule has 0 saturated carbocycles. The molecule has 1 atom stereocenters. The van der Waals surface area contributed by atoms with Crippen molar-refractivity contribution in [2.24, 2.45) is 0 Å². The summed E-state index contributed by atoms with van der Waals surface area (Å²) < 4.78 is 15.1. The maximum Gasteiger partial charge on any atom is 0.337 e. The quantitative estimate of drug-likeness (QED) is 0.207. The van der Waals surface area contributed by atoms with Gasteiger partial charge in [-0.2, -0.15) is 0 Å². The Balaban J connectivity index is 1.80. The fraction of sp³-hybridized carbons (Fsp3) is 0.179. The van der Waals surface area contributed by atoms with Crippen molar-refractivity contribution in [1.82, 2.24) is 4.90 Å². The number of Topliss-reactive ketones (excluding diaryl/α,β-unsaturated/α-hetero) is 1. The fourth-order valence-electron chi connectivity index (χ4n) is 4.21. The molecule has 0 radical (unpaired) electrons. The largest absolute Gasteiger partial charge is 0.507 e. The van der Waals surface area contributed by atoms with Crippen LogP contribution in [0.4, 0.5) is 0 Å². The van der Waals surface area contributed by atoms with E-state index in [1.54, 1.807) is 60.7 Å². The highest BCUT2D eigenvalue weighted by molar-refractivity contribution is 6.46. The molecule has 37 heavy (non-hydrogen) atoms. The van der Waals surface area contributed by atoms with Crippen molar-refractivity contribution >= 4 is 35.0 Å². The summed E-state index contributed by atoms with van der Waals surface area (Å²) in [5, 5.41) is 11.5. The Morgan fingerprint density at radius 1 is 0.919 bits per heavy atom. The molecule has 0 spiro atoms. The predicted molar refractivity (Wildman–Crippen MR) is 137 cm³/mol. The number of ketones is 1. The Hall–Kier alpha value is -4.30. The average Bonchev–Trinajstić information content (AvgIpc) is 3.17. The van der Waals surface area contributed by atoms with Crippen LogP contribution in [0.15, 0.2) is 72.3 Å². The minimum absolute atomic E-state index is 0.0584. The van der Waals surface area contributed by atoms with Crippen molar-refractivity contribution in [1.29, 1.82) is 0 Å². The van der Waals surface area contributed by atoms with Crippen molar-refractivity contribution < 1.29 is 33.7 Å². The Morgan fingerprint density at radius 3 is 2.14 bits per heavy atom. The van der Waals surface area contributed by atoms with Gasteiger partial charge in [-0.25, -0.2) is 4.79 Å². The van der Waals surface area contributed by atoms with E-state index < -0.39 is 23.7 Å². The first-order valence-corrected chi connectivity index (χ1v) is 11.6. The second-order valence-electron chi connectivity index (χ2n) is 8.24. The van der Waals surface area contributed by atoms with Crippen molar-refractivity contribution in [3.8, 4) is 11.5 Å². The van der Waals surface area contributed by atoms with E-state index in [-0.39, 0.29) is 28.5 Å². The first kappa shape index (κ1) is 25.8. The number of esters is 1. The lowest BCUT2D eigenvalue weighted by Gasteiger charge is -2.25. The van der Waals surface area contributed by atoms with Crippen LogP contribution in [0.25, 0.3) is 5.76 Å². The highest BCUT2D eigenvalue weighted by Crippen LogP contribution is 2.41. The summed E-state index contributed by atoms with van der Waals surface area (Å²) in [4.78, 5) is 39.7. The molecule has 3 aromatic carbocycles. The van der Waals surface area contributed by atoms with E-state index in [0.29, 0.717) is 28.2 Å². The van der Waals surface area contributed by atoms with Crippen LogP contribution < -0.4 is 9.47 Å². The molecular weight excluding hydrogens is 498 g/mol. The van der Waals surface area contributed by atoms with Gasteiger partial charge in [-0.05, 0) is 53.6 Å². The Labute approximate surface area is 218 Å². The van der Waals surface area contributed by atoms with Gasteiger partial charge in [-0.1, -0.05) is 35.9 Å². The van der Waals surface area contributed by atoms with E-state index in [4.69, 9.17) is 25.8 Å². The fourth-order valence-corrected chi connectivity index (χ4v) is 4.46. The number of halogens is 1. The SMILES string of the molecule is COC(=O)c1ccc(CN2C(=O)C(=O)/C(=C(\O)c3ccc(OC)c(Cl)c3)C2c2ccc(OC)cc2)cc1. The molecule has 0 bridgehead atoms. The highest BCUT2D eigenvalue weighted by atomic mass is 35.5. The zero-order valence-corrected chi connectivity index (χ0v) is 21.1. The standard InChI is InChI=1S/C28H24ClNO7/c1-35-20-11-8-17(9-12-20)24-23(25(31)19-10-13-22(36-2)21(29)14-19)26(32)27(33)30(24)15-16-4-6-18(7-5-16)28(34)37-3/h4-14,24,31H,15H2,1-3H3/b25-23-. The van der Waals surface area contributed by atoms with E-state index in [9.17, 15) is 19.5 Å². The van der Waals surface area contributed by atoms with Crippen molar-refractivity contribution in [2.75, 3.05) is 21.3 Å². The normalized spacial score (nSPS) is 16.5. The van der Waals surface area contributed by atoms with Crippen molar-refractivity contribution in [3.63, 3.8) is 0 Å². The van der Waals surface area contributed by atoms with Gasteiger partial charge in [-0.3, -0.25) is 9.59 Å². The molecule has 1 fully saturated rings. The molecular formula is C28H24ClNO7. The number of benzene rings is 3. The third kappa shape index (κ3) is 5.01. The zero-order valence-electron chi connectivity index (χ0n) is 20.4. The molecule has 3 aromatic rings. The molecule has 1 saturated heterocycles. The number of hydrogen-bond acceptors (Lipinski definition) is 7. The van der Waals surface area contributed by atoms with Gasteiger partial charge in [0, 0.05) is 12.1 Å². The molecule has 1 N–H and O–H groups in total. The van der Waals surface area contributed by atoms with Gasteiger partial charge in [0.25, 0.3) is 11.7 Å². The number of rotatable bonds is 7. The Bertz CT molecular complexity index is 1380. The molecule has 1 aliphatic rings. The maximum absolute atomic E-state index is 13.3. The summed E-state index contributed by atoms with van der Waals surface area (Å²) in [7, 11) is 4.29. The number of hydrogen-bond donors (Lipinski definition) is 1. The van der Waals surface area contributed by atoms with Crippen LogP contribution in [0, 0.1) is 0 Å². The summed E-state index contributed by atoms with van der Waals surface area (Å²) in [5.74, 6) is -1.42. The number of aliphatic hydroxyl groups is 1. The van der Waals surface area contributed by atoms with Gasteiger partial charge in [0.1, 0.15) is 17.3 Å². The second kappa shape index (κ2) is 10.8. The lowest BCUT2D eigenvalue weighted by molar-refractivity contribution is -0.140. The third-order valence-electron chi connectivity index (χ3n) is 6.12. The molecule has 1 unspecified atom stereocenters. The number of nitrogens with zero attached hydrogens (tertiary/aromatic N) is 1. The van der Waals surface area contributed by atoms with Crippen LogP contribution in [0.1, 0.15) is 33.1 Å². The molecule has 1 amide bonds. The monoisotopic (exact) mass is 521 g/mol. The van der Waals surface area contributed by atoms with Gasteiger partial charge < -0.3 is 24.2 Å². The summed E-state index contributed by atoms with van der Waals surface area (Å²) >= 11 is 6.25. The van der Waals surface area contributed by atoms with Crippen LogP contribution in [0.2, 0.25) is 5.02 Å². The molecule has 1 heterocycles. The maximum atomic E-state index is 13.3. The average molecular weight is 522 g/mol. The van der Waals surface area contributed by atoms with Gasteiger partial charge in [0.15, 0.2) is 0 Å². The van der Waals surface area contributed by atoms with Crippen molar-refractivity contribution in [2.45, 2.75) is 12.6 Å². The van der Waals surface area contributed by atoms with E-state index in [2.05, 4.69) is 0 Å². The minimum Gasteiger partial charge on any atom is -0.507 e. The molecule has 1 aliphatic heterocycles. The van der Waals surface area contributed by atoms with E-state index in [1.807, 2.05) is 0 Å². The lowest BCUT2D eigenvalue weighted by Crippen LogP contribution is -2.29. The first-order valence-electron chi connectivity index (χ1n) is 11.2. The van der Waals surface area contributed by atoms with Gasteiger partial charge in [0.05, 0.1) is 43.5 Å². The summed E-state index contributed by atoms with van der Waals surface area (Å²) in [6.07, 6.45) is 0.